The van der Waals surface area contributed by atoms with Crippen LogP contribution in [0.1, 0.15) is 36.7 Å². The number of hydrogen-bond donors (Lipinski definition) is 1. The Kier molecular flexibility index (Phi) is 5.51. The van der Waals surface area contributed by atoms with E-state index in [4.69, 9.17) is 4.74 Å². The SMILES string of the molecule is CCn1nc(C)c(CN2CCC(Oc3cccc(F)c3)(C(=O)O)CC2)c1C. The largest absolute Gasteiger partial charge is 0.478 e. The molecule has 0 bridgehead atoms. The molecule has 1 aromatic heterocycles. The predicted octanol–water partition coefficient (Wildman–Crippen LogP) is 3.16. The number of carbonyl (C=O) groups is 1. The number of piperidine rings is 1. The Balaban J connectivity index is 1.70. The number of aliphatic carboxylic acids is 1. The first-order valence-corrected chi connectivity index (χ1v) is 9.28. The molecule has 1 aliphatic rings. The quantitative estimate of drug-likeness (QED) is 0.840. The number of carboxylic acid groups (broad SMARTS) is 1. The summed E-state index contributed by atoms with van der Waals surface area (Å²) >= 11 is 0. The minimum absolute atomic E-state index is 0.252. The van der Waals surface area contributed by atoms with Gasteiger partial charge in [-0.05, 0) is 32.9 Å². The van der Waals surface area contributed by atoms with Gasteiger partial charge in [-0.3, -0.25) is 9.58 Å². The molecule has 7 heteroatoms. The normalized spacial score (nSPS) is 17.0. The molecule has 2 heterocycles. The van der Waals surface area contributed by atoms with Crippen LogP contribution in [0.4, 0.5) is 4.39 Å². The summed E-state index contributed by atoms with van der Waals surface area (Å²) in [5, 5.41) is 14.3. The van der Waals surface area contributed by atoms with Gasteiger partial charge in [-0.15, -0.1) is 0 Å². The minimum Gasteiger partial charge on any atom is -0.478 e. The lowest BCUT2D eigenvalue weighted by Crippen LogP contribution is -2.53. The number of carboxylic acids is 1. The Morgan fingerprint density at radius 3 is 2.59 bits per heavy atom. The summed E-state index contributed by atoms with van der Waals surface area (Å²) in [5.74, 6) is -1.19. The van der Waals surface area contributed by atoms with E-state index >= 15 is 0 Å². The number of likely N-dealkylation sites (tertiary alicyclic amines) is 1. The van der Waals surface area contributed by atoms with Gasteiger partial charge >= 0.3 is 5.97 Å². The molecular weight excluding hydrogens is 349 g/mol. The highest BCUT2D eigenvalue weighted by Gasteiger charge is 2.44. The third-order valence-electron chi connectivity index (χ3n) is 5.38. The van der Waals surface area contributed by atoms with Gasteiger partial charge in [0, 0.05) is 56.3 Å². The van der Waals surface area contributed by atoms with Crippen molar-refractivity contribution in [1.82, 2.24) is 14.7 Å². The Labute approximate surface area is 158 Å². The highest BCUT2D eigenvalue weighted by Crippen LogP contribution is 2.31. The van der Waals surface area contributed by atoms with E-state index in [-0.39, 0.29) is 5.75 Å². The number of ether oxygens (including phenoxy) is 1. The van der Waals surface area contributed by atoms with E-state index in [0.717, 1.165) is 24.5 Å². The van der Waals surface area contributed by atoms with Crippen molar-refractivity contribution < 1.29 is 19.0 Å². The molecule has 1 fully saturated rings. The minimum atomic E-state index is -1.32. The van der Waals surface area contributed by atoms with Gasteiger partial charge in [-0.1, -0.05) is 6.07 Å². The number of halogens is 1. The van der Waals surface area contributed by atoms with E-state index in [1.54, 1.807) is 6.07 Å². The maximum Gasteiger partial charge on any atom is 0.348 e. The molecular formula is C20H26FN3O3. The van der Waals surface area contributed by atoms with E-state index in [0.29, 0.717) is 25.9 Å². The zero-order chi connectivity index (χ0) is 19.6. The first kappa shape index (κ1) is 19.4. The van der Waals surface area contributed by atoms with E-state index in [2.05, 4.69) is 23.8 Å². The van der Waals surface area contributed by atoms with E-state index in [1.165, 1.54) is 23.8 Å². The number of benzene rings is 1. The van der Waals surface area contributed by atoms with Crippen LogP contribution in [0.5, 0.6) is 5.75 Å². The zero-order valence-corrected chi connectivity index (χ0v) is 16.0. The highest BCUT2D eigenvalue weighted by molar-refractivity contribution is 5.78. The summed E-state index contributed by atoms with van der Waals surface area (Å²) in [6, 6.07) is 5.64. The van der Waals surface area contributed by atoms with Gasteiger partial charge < -0.3 is 9.84 Å². The molecule has 0 unspecified atom stereocenters. The van der Waals surface area contributed by atoms with Crippen LogP contribution in [0.15, 0.2) is 24.3 Å². The number of aryl methyl sites for hydroxylation is 2. The summed E-state index contributed by atoms with van der Waals surface area (Å²) in [5.41, 5.74) is 2.05. The number of aromatic nitrogens is 2. The second-order valence-electron chi connectivity index (χ2n) is 7.10. The number of hydrogen-bond acceptors (Lipinski definition) is 4. The molecule has 3 rings (SSSR count). The van der Waals surface area contributed by atoms with Crippen molar-refractivity contribution in [3.63, 3.8) is 0 Å². The fourth-order valence-corrected chi connectivity index (χ4v) is 3.68. The standard InChI is InChI=1S/C20H26FN3O3/c1-4-24-15(3)18(14(2)22-24)13-23-10-8-20(9-11-23,19(25)26)27-17-7-5-6-16(21)12-17/h5-7,12H,4,8-11,13H2,1-3H3,(H,25,26). The average Bonchev–Trinajstić information content (AvgIpc) is 2.90. The van der Waals surface area contributed by atoms with Crippen molar-refractivity contribution in [2.45, 2.75) is 52.3 Å². The molecule has 0 radical (unpaired) electrons. The zero-order valence-electron chi connectivity index (χ0n) is 16.0. The van der Waals surface area contributed by atoms with Crippen LogP contribution >= 0.6 is 0 Å². The van der Waals surface area contributed by atoms with Gasteiger partial charge in [0.15, 0.2) is 0 Å². The highest BCUT2D eigenvalue weighted by atomic mass is 19.1. The summed E-state index contributed by atoms with van der Waals surface area (Å²) in [7, 11) is 0. The molecule has 0 atom stereocenters. The van der Waals surface area contributed by atoms with E-state index in [9.17, 15) is 14.3 Å². The van der Waals surface area contributed by atoms with Crippen LogP contribution in [-0.2, 0) is 17.9 Å². The van der Waals surface area contributed by atoms with Crippen molar-refractivity contribution in [3.05, 3.63) is 47.0 Å². The summed E-state index contributed by atoms with van der Waals surface area (Å²) in [4.78, 5) is 14.2. The fourth-order valence-electron chi connectivity index (χ4n) is 3.68. The molecule has 1 aliphatic heterocycles. The lowest BCUT2D eigenvalue weighted by molar-refractivity contribution is -0.159. The molecule has 0 spiro atoms. The molecule has 0 amide bonds. The molecule has 6 nitrogen and oxygen atoms in total. The Hall–Kier alpha value is -2.41. The van der Waals surface area contributed by atoms with Crippen molar-refractivity contribution in [2.75, 3.05) is 13.1 Å². The van der Waals surface area contributed by atoms with Gasteiger partial charge in [0.05, 0.1) is 5.69 Å². The molecule has 1 aromatic carbocycles. The Morgan fingerprint density at radius 1 is 1.33 bits per heavy atom. The maximum atomic E-state index is 13.4. The monoisotopic (exact) mass is 375 g/mol. The molecule has 27 heavy (non-hydrogen) atoms. The molecule has 146 valence electrons. The third kappa shape index (κ3) is 3.98. The molecule has 1 N–H and O–H groups in total. The van der Waals surface area contributed by atoms with Crippen LogP contribution < -0.4 is 4.74 Å². The molecule has 0 saturated carbocycles. The van der Waals surface area contributed by atoms with E-state index < -0.39 is 17.4 Å². The topological polar surface area (TPSA) is 67.6 Å². The van der Waals surface area contributed by atoms with Crippen LogP contribution in [0.2, 0.25) is 0 Å². The van der Waals surface area contributed by atoms with Crippen molar-refractivity contribution in [3.8, 4) is 5.75 Å². The number of nitrogens with zero attached hydrogens (tertiary/aromatic N) is 3. The summed E-state index contributed by atoms with van der Waals surface area (Å²) in [6.45, 7) is 8.90. The first-order valence-electron chi connectivity index (χ1n) is 9.28. The van der Waals surface area contributed by atoms with Gasteiger partial charge in [0.1, 0.15) is 11.6 Å². The lowest BCUT2D eigenvalue weighted by Gasteiger charge is -2.38. The van der Waals surface area contributed by atoms with Gasteiger partial charge in [0.25, 0.3) is 0 Å². The van der Waals surface area contributed by atoms with Crippen LogP contribution in [0, 0.1) is 19.7 Å². The lowest BCUT2D eigenvalue weighted by atomic mass is 9.90. The summed E-state index contributed by atoms with van der Waals surface area (Å²) < 4.78 is 21.2. The van der Waals surface area contributed by atoms with Crippen molar-refractivity contribution in [2.24, 2.45) is 0 Å². The van der Waals surface area contributed by atoms with E-state index in [1.807, 2.05) is 11.6 Å². The molecule has 2 aromatic rings. The van der Waals surface area contributed by atoms with Gasteiger partial charge in [-0.25, -0.2) is 9.18 Å². The second kappa shape index (κ2) is 7.68. The smallest absolute Gasteiger partial charge is 0.348 e. The average molecular weight is 375 g/mol. The predicted molar refractivity (Wildman–Crippen MR) is 99.3 cm³/mol. The van der Waals surface area contributed by atoms with Crippen LogP contribution in [0.25, 0.3) is 0 Å². The van der Waals surface area contributed by atoms with Crippen LogP contribution in [0.3, 0.4) is 0 Å². The van der Waals surface area contributed by atoms with Crippen molar-refractivity contribution in [1.29, 1.82) is 0 Å². The second-order valence-corrected chi connectivity index (χ2v) is 7.10. The van der Waals surface area contributed by atoms with Gasteiger partial charge in [0.2, 0.25) is 5.60 Å². The first-order chi connectivity index (χ1) is 12.8. The maximum absolute atomic E-state index is 13.4. The molecule has 0 aliphatic carbocycles. The van der Waals surface area contributed by atoms with Crippen molar-refractivity contribution >= 4 is 5.97 Å². The fraction of sp³-hybridized carbons (Fsp3) is 0.500. The summed E-state index contributed by atoms with van der Waals surface area (Å²) in [6.07, 6.45) is 0.692. The van der Waals surface area contributed by atoms with Crippen LogP contribution in [-0.4, -0.2) is 44.4 Å². The third-order valence-corrected chi connectivity index (χ3v) is 5.38. The Morgan fingerprint density at radius 2 is 2.04 bits per heavy atom. The molecule has 1 saturated heterocycles. The number of rotatable bonds is 6. The Bertz CT molecular complexity index is 826. The van der Waals surface area contributed by atoms with Gasteiger partial charge in [-0.2, -0.15) is 5.10 Å².